The Kier molecular flexibility index (Phi) is 4.32. The van der Waals surface area contributed by atoms with Crippen LogP contribution in [0.15, 0.2) is 47.2 Å². The number of nitrogens with zero attached hydrogens (tertiary/aromatic N) is 3. The van der Waals surface area contributed by atoms with Crippen LogP contribution in [0.5, 0.6) is 0 Å². The highest BCUT2D eigenvalue weighted by Gasteiger charge is 2.19. The summed E-state index contributed by atoms with van der Waals surface area (Å²) in [6.45, 7) is 1.54. The van der Waals surface area contributed by atoms with Crippen LogP contribution in [0.3, 0.4) is 0 Å². The molecule has 0 radical (unpaired) electrons. The standard InChI is InChI=1S/C15H14N6O3/c1-9(17-14(23)11-6-4-8-24-11)13(22)19-15-18-12(20-21-15)10-5-2-3-7-16-10/h2-9H,1H3,(H,17,23)(H2,18,19,20,21,22). The van der Waals surface area contributed by atoms with Gasteiger partial charge in [-0.1, -0.05) is 6.07 Å². The molecule has 0 aliphatic carbocycles. The van der Waals surface area contributed by atoms with Crippen LogP contribution in [-0.4, -0.2) is 38.0 Å². The summed E-state index contributed by atoms with van der Waals surface area (Å²) in [4.78, 5) is 32.2. The zero-order valence-electron chi connectivity index (χ0n) is 12.7. The predicted octanol–water partition coefficient (Wildman–Crippen LogP) is 1.22. The van der Waals surface area contributed by atoms with Crippen molar-refractivity contribution in [2.45, 2.75) is 13.0 Å². The van der Waals surface area contributed by atoms with Gasteiger partial charge in [-0.15, -0.1) is 5.10 Å². The van der Waals surface area contributed by atoms with E-state index >= 15 is 0 Å². The summed E-state index contributed by atoms with van der Waals surface area (Å²) in [6, 6.07) is 7.67. The van der Waals surface area contributed by atoms with E-state index < -0.39 is 17.9 Å². The van der Waals surface area contributed by atoms with Crippen molar-refractivity contribution in [3.05, 3.63) is 48.6 Å². The number of pyridine rings is 1. The fourth-order valence-electron chi connectivity index (χ4n) is 1.89. The molecule has 0 fully saturated rings. The van der Waals surface area contributed by atoms with Gasteiger partial charge in [0, 0.05) is 6.20 Å². The maximum atomic E-state index is 12.1. The first-order valence-electron chi connectivity index (χ1n) is 7.12. The molecule has 9 nitrogen and oxygen atoms in total. The van der Waals surface area contributed by atoms with Crippen LogP contribution < -0.4 is 10.6 Å². The van der Waals surface area contributed by atoms with Gasteiger partial charge in [0.15, 0.2) is 11.6 Å². The lowest BCUT2D eigenvalue weighted by atomic mass is 10.3. The van der Waals surface area contributed by atoms with Crippen molar-refractivity contribution in [1.82, 2.24) is 25.5 Å². The third-order valence-corrected chi connectivity index (χ3v) is 3.11. The molecule has 3 N–H and O–H groups in total. The first-order valence-corrected chi connectivity index (χ1v) is 7.12. The van der Waals surface area contributed by atoms with Crippen molar-refractivity contribution in [1.29, 1.82) is 0 Å². The fourth-order valence-corrected chi connectivity index (χ4v) is 1.89. The largest absolute Gasteiger partial charge is 0.459 e. The minimum atomic E-state index is -0.792. The van der Waals surface area contributed by atoms with Crippen molar-refractivity contribution < 1.29 is 14.0 Å². The molecule has 9 heteroatoms. The van der Waals surface area contributed by atoms with E-state index in [1.807, 2.05) is 6.07 Å². The van der Waals surface area contributed by atoms with E-state index in [0.29, 0.717) is 11.5 Å². The van der Waals surface area contributed by atoms with Gasteiger partial charge in [0.2, 0.25) is 11.9 Å². The van der Waals surface area contributed by atoms with Gasteiger partial charge in [-0.05, 0) is 31.2 Å². The molecule has 3 aromatic heterocycles. The lowest BCUT2D eigenvalue weighted by molar-refractivity contribution is -0.117. The van der Waals surface area contributed by atoms with Crippen LogP contribution in [-0.2, 0) is 4.79 Å². The Bertz CT molecular complexity index is 828. The van der Waals surface area contributed by atoms with Crippen molar-refractivity contribution in [2.75, 3.05) is 5.32 Å². The molecule has 1 atom stereocenters. The average molecular weight is 326 g/mol. The smallest absolute Gasteiger partial charge is 0.287 e. The van der Waals surface area contributed by atoms with Gasteiger partial charge in [0.25, 0.3) is 5.91 Å². The molecule has 24 heavy (non-hydrogen) atoms. The monoisotopic (exact) mass is 326 g/mol. The number of nitrogens with one attached hydrogen (secondary N) is 3. The van der Waals surface area contributed by atoms with Crippen LogP contribution >= 0.6 is 0 Å². The van der Waals surface area contributed by atoms with Gasteiger partial charge >= 0.3 is 0 Å². The Morgan fingerprint density at radius 2 is 2.12 bits per heavy atom. The van der Waals surface area contributed by atoms with E-state index in [1.165, 1.54) is 12.3 Å². The first kappa shape index (κ1) is 15.4. The average Bonchev–Trinajstić information content (AvgIpc) is 3.27. The number of carbonyl (C=O) groups is 2. The number of aromatic nitrogens is 4. The molecule has 3 aromatic rings. The number of hydrogen-bond acceptors (Lipinski definition) is 6. The Morgan fingerprint density at radius 3 is 2.83 bits per heavy atom. The number of H-pyrrole nitrogens is 1. The molecule has 2 amide bonds. The van der Waals surface area contributed by atoms with Gasteiger partial charge in [-0.2, -0.15) is 4.98 Å². The molecule has 3 rings (SSSR count). The maximum Gasteiger partial charge on any atom is 0.287 e. The summed E-state index contributed by atoms with van der Waals surface area (Å²) in [5, 5.41) is 11.6. The molecule has 0 aliphatic rings. The summed E-state index contributed by atoms with van der Waals surface area (Å²) >= 11 is 0. The third kappa shape index (κ3) is 3.46. The third-order valence-electron chi connectivity index (χ3n) is 3.11. The SMILES string of the molecule is CC(NC(=O)c1ccco1)C(=O)Nc1n[nH]c(-c2ccccn2)n1. The van der Waals surface area contributed by atoms with E-state index in [2.05, 4.69) is 30.8 Å². The molecule has 3 heterocycles. The summed E-state index contributed by atoms with van der Waals surface area (Å²) in [5.41, 5.74) is 0.602. The summed E-state index contributed by atoms with van der Waals surface area (Å²) < 4.78 is 4.97. The van der Waals surface area contributed by atoms with E-state index in [0.717, 1.165) is 0 Å². The van der Waals surface area contributed by atoms with E-state index in [-0.39, 0.29) is 11.7 Å². The van der Waals surface area contributed by atoms with Gasteiger partial charge in [0.1, 0.15) is 11.7 Å². The highest BCUT2D eigenvalue weighted by Crippen LogP contribution is 2.12. The Balaban J connectivity index is 1.60. The topological polar surface area (TPSA) is 126 Å². The second-order valence-corrected chi connectivity index (χ2v) is 4.88. The molecule has 0 aliphatic heterocycles. The van der Waals surface area contributed by atoms with Crippen molar-refractivity contribution >= 4 is 17.8 Å². The van der Waals surface area contributed by atoms with Crippen LogP contribution in [0.2, 0.25) is 0 Å². The highest BCUT2D eigenvalue weighted by atomic mass is 16.3. The van der Waals surface area contributed by atoms with Crippen molar-refractivity contribution in [3.63, 3.8) is 0 Å². The van der Waals surface area contributed by atoms with Crippen molar-refractivity contribution in [2.24, 2.45) is 0 Å². The van der Waals surface area contributed by atoms with Gasteiger partial charge < -0.3 is 9.73 Å². The van der Waals surface area contributed by atoms with Crippen LogP contribution in [0.1, 0.15) is 17.5 Å². The van der Waals surface area contributed by atoms with Crippen LogP contribution in [0.4, 0.5) is 5.95 Å². The zero-order valence-corrected chi connectivity index (χ0v) is 12.7. The summed E-state index contributed by atoms with van der Waals surface area (Å²) in [5.74, 6) is -0.281. The van der Waals surface area contributed by atoms with Gasteiger partial charge in [0.05, 0.1) is 6.26 Å². The second kappa shape index (κ2) is 6.73. The molecule has 0 aromatic carbocycles. The van der Waals surface area contributed by atoms with Crippen LogP contribution in [0, 0.1) is 0 Å². The number of furan rings is 1. The zero-order chi connectivity index (χ0) is 16.9. The van der Waals surface area contributed by atoms with Gasteiger partial charge in [-0.25, -0.2) is 0 Å². The molecular weight excluding hydrogens is 312 g/mol. The number of carbonyl (C=O) groups excluding carboxylic acids is 2. The Morgan fingerprint density at radius 1 is 1.25 bits per heavy atom. The molecular formula is C15H14N6O3. The molecule has 0 saturated carbocycles. The highest BCUT2D eigenvalue weighted by molar-refractivity contribution is 5.99. The lowest BCUT2D eigenvalue weighted by Crippen LogP contribution is -2.41. The summed E-state index contributed by atoms with van der Waals surface area (Å²) in [7, 11) is 0. The maximum absolute atomic E-state index is 12.1. The number of anilines is 1. The molecule has 0 spiro atoms. The number of rotatable bonds is 5. The predicted molar refractivity (Wildman–Crippen MR) is 83.9 cm³/mol. The molecule has 0 saturated heterocycles. The molecule has 122 valence electrons. The Labute approximate surface area is 136 Å². The molecule has 1 unspecified atom stereocenters. The normalized spacial score (nSPS) is 11.7. The lowest BCUT2D eigenvalue weighted by Gasteiger charge is -2.11. The quantitative estimate of drug-likeness (QED) is 0.647. The first-order chi connectivity index (χ1) is 11.6. The number of hydrogen-bond donors (Lipinski definition) is 3. The second-order valence-electron chi connectivity index (χ2n) is 4.88. The minimum Gasteiger partial charge on any atom is -0.459 e. The van der Waals surface area contributed by atoms with E-state index in [1.54, 1.807) is 31.3 Å². The number of amides is 2. The van der Waals surface area contributed by atoms with E-state index in [4.69, 9.17) is 4.42 Å². The van der Waals surface area contributed by atoms with Gasteiger partial charge in [-0.3, -0.25) is 25.0 Å². The van der Waals surface area contributed by atoms with Crippen LogP contribution in [0.25, 0.3) is 11.5 Å². The van der Waals surface area contributed by atoms with E-state index in [9.17, 15) is 9.59 Å². The fraction of sp³-hybridized carbons (Fsp3) is 0.133. The Hall–Kier alpha value is -3.49. The summed E-state index contributed by atoms with van der Waals surface area (Å²) in [6.07, 6.45) is 3.01. The minimum absolute atomic E-state index is 0.0970. The molecule has 0 bridgehead atoms. The van der Waals surface area contributed by atoms with Crippen molar-refractivity contribution in [3.8, 4) is 11.5 Å². The number of aromatic amines is 1.